The molecular formula is C21H36N2O5. The summed E-state index contributed by atoms with van der Waals surface area (Å²) in [6.45, 7) is 2.63. The number of hydrogen-bond donors (Lipinski definition) is 2. The first kappa shape index (κ1) is 22.7. The first-order valence-electron chi connectivity index (χ1n) is 11.0. The van der Waals surface area contributed by atoms with E-state index < -0.39 is 12.1 Å². The molecule has 1 aliphatic carbocycles. The predicted molar refractivity (Wildman–Crippen MR) is 106 cm³/mol. The largest absolute Gasteiger partial charge is 0.466 e. The standard InChI is InChI=1S/C21H36N2O5/c1-2-28-19(25)13-9-4-3-8-12-17-20(26)22-21(27)23(17)15-14-18(24)16-10-6-5-7-11-16/h16-18,24H,2-15H2,1H3,(H,22,26,27)/t17-,18-/m1/s1. The van der Waals surface area contributed by atoms with E-state index in [1.807, 2.05) is 0 Å². The Morgan fingerprint density at radius 3 is 2.61 bits per heavy atom. The summed E-state index contributed by atoms with van der Waals surface area (Å²) < 4.78 is 4.90. The third-order valence-corrected chi connectivity index (χ3v) is 5.94. The number of carbonyl (C=O) groups excluding carboxylic acids is 3. The van der Waals surface area contributed by atoms with E-state index in [0.717, 1.165) is 38.5 Å². The van der Waals surface area contributed by atoms with Crippen molar-refractivity contribution in [2.24, 2.45) is 5.92 Å². The van der Waals surface area contributed by atoms with Gasteiger partial charge >= 0.3 is 12.0 Å². The van der Waals surface area contributed by atoms with Crippen LogP contribution in [-0.2, 0) is 14.3 Å². The van der Waals surface area contributed by atoms with Crippen molar-refractivity contribution in [3.05, 3.63) is 0 Å². The molecule has 0 aromatic carbocycles. The van der Waals surface area contributed by atoms with Crippen LogP contribution in [0.1, 0.15) is 84.0 Å². The van der Waals surface area contributed by atoms with E-state index in [-0.39, 0.29) is 17.9 Å². The second-order valence-corrected chi connectivity index (χ2v) is 8.02. The first-order chi connectivity index (χ1) is 13.5. The number of rotatable bonds is 12. The SMILES string of the molecule is CCOC(=O)CCCCCC[C@@H]1C(=O)NC(=O)N1CC[C@@H](O)C1CCCCC1. The zero-order chi connectivity index (χ0) is 20.4. The summed E-state index contributed by atoms with van der Waals surface area (Å²) in [6.07, 6.45) is 10.3. The van der Waals surface area contributed by atoms with E-state index >= 15 is 0 Å². The molecule has 0 aromatic rings. The van der Waals surface area contributed by atoms with Crippen LogP contribution in [0, 0.1) is 5.92 Å². The molecule has 0 bridgehead atoms. The molecule has 0 aromatic heterocycles. The van der Waals surface area contributed by atoms with Gasteiger partial charge in [-0.05, 0) is 44.9 Å². The van der Waals surface area contributed by atoms with Crippen molar-refractivity contribution in [2.75, 3.05) is 13.2 Å². The third-order valence-electron chi connectivity index (χ3n) is 5.94. The second kappa shape index (κ2) is 12.0. The van der Waals surface area contributed by atoms with Crippen LogP contribution in [0.15, 0.2) is 0 Å². The number of esters is 1. The quantitative estimate of drug-likeness (QED) is 0.300. The highest BCUT2D eigenvalue weighted by atomic mass is 16.5. The third kappa shape index (κ3) is 7.08. The van der Waals surface area contributed by atoms with Gasteiger partial charge in [0.1, 0.15) is 6.04 Å². The van der Waals surface area contributed by atoms with Gasteiger partial charge in [-0.15, -0.1) is 0 Å². The van der Waals surface area contributed by atoms with E-state index in [2.05, 4.69) is 5.32 Å². The molecule has 3 amide bonds. The van der Waals surface area contributed by atoms with Gasteiger partial charge in [0.15, 0.2) is 0 Å². The summed E-state index contributed by atoms with van der Waals surface area (Å²) in [5.41, 5.74) is 0. The zero-order valence-corrected chi connectivity index (χ0v) is 17.2. The van der Waals surface area contributed by atoms with Gasteiger partial charge in [-0.1, -0.05) is 38.5 Å². The Labute approximate surface area is 168 Å². The minimum absolute atomic E-state index is 0.161. The molecule has 2 rings (SSSR count). The fourth-order valence-electron chi connectivity index (χ4n) is 4.31. The van der Waals surface area contributed by atoms with Gasteiger partial charge in [0.25, 0.3) is 5.91 Å². The van der Waals surface area contributed by atoms with Gasteiger partial charge in [0, 0.05) is 13.0 Å². The second-order valence-electron chi connectivity index (χ2n) is 8.02. The molecule has 0 spiro atoms. The molecule has 160 valence electrons. The van der Waals surface area contributed by atoms with Crippen molar-refractivity contribution in [3.63, 3.8) is 0 Å². The summed E-state index contributed by atoms with van der Waals surface area (Å²) in [7, 11) is 0. The lowest BCUT2D eigenvalue weighted by Crippen LogP contribution is -2.38. The van der Waals surface area contributed by atoms with Crippen LogP contribution >= 0.6 is 0 Å². The molecule has 1 saturated carbocycles. The maximum Gasteiger partial charge on any atom is 0.324 e. The van der Waals surface area contributed by atoms with Crippen molar-refractivity contribution in [1.82, 2.24) is 10.2 Å². The molecule has 2 N–H and O–H groups in total. The maximum atomic E-state index is 12.1. The van der Waals surface area contributed by atoms with Crippen molar-refractivity contribution in [2.45, 2.75) is 96.1 Å². The lowest BCUT2D eigenvalue weighted by atomic mass is 9.84. The molecular weight excluding hydrogens is 360 g/mol. The lowest BCUT2D eigenvalue weighted by molar-refractivity contribution is -0.143. The Hall–Kier alpha value is -1.63. The Balaban J connectivity index is 1.68. The van der Waals surface area contributed by atoms with Gasteiger partial charge in [-0.2, -0.15) is 0 Å². The summed E-state index contributed by atoms with van der Waals surface area (Å²) in [5.74, 6) is -0.0670. The number of aliphatic hydroxyl groups excluding tert-OH is 1. The minimum Gasteiger partial charge on any atom is -0.466 e. The fourth-order valence-corrected chi connectivity index (χ4v) is 4.31. The summed E-state index contributed by atoms with van der Waals surface area (Å²) >= 11 is 0. The van der Waals surface area contributed by atoms with E-state index in [9.17, 15) is 19.5 Å². The molecule has 1 heterocycles. The number of nitrogens with one attached hydrogen (secondary N) is 1. The maximum absolute atomic E-state index is 12.1. The van der Waals surface area contributed by atoms with Crippen LogP contribution in [0.5, 0.6) is 0 Å². The first-order valence-corrected chi connectivity index (χ1v) is 11.0. The fraction of sp³-hybridized carbons (Fsp3) is 0.857. The lowest BCUT2D eigenvalue weighted by Gasteiger charge is -2.29. The van der Waals surface area contributed by atoms with Gasteiger partial charge in [0.05, 0.1) is 12.7 Å². The molecule has 1 saturated heterocycles. The van der Waals surface area contributed by atoms with Crippen LogP contribution in [0.3, 0.4) is 0 Å². The van der Waals surface area contributed by atoms with Crippen molar-refractivity contribution in [3.8, 4) is 0 Å². The number of imide groups is 1. The molecule has 2 aliphatic rings. The van der Waals surface area contributed by atoms with Gasteiger partial charge in [-0.3, -0.25) is 14.9 Å². The van der Waals surface area contributed by atoms with Crippen molar-refractivity contribution >= 4 is 17.9 Å². The van der Waals surface area contributed by atoms with E-state index in [1.54, 1.807) is 11.8 Å². The zero-order valence-electron chi connectivity index (χ0n) is 17.2. The highest BCUT2D eigenvalue weighted by Crippen LogP contribution is 2.28. The van der Waals surface area contributed by atoms with Gasteiger partial charge in [0.2, 0.25) is 0 Å². The highest BCUT2D eigenvalue weighted by molar-refractivity contribution is 6.04. The Bertz CT molecular complexity index is 519. The molecule has 28 heavy (non-hydrogen) atoms. The van der Waals surface area contributed by atoms with Crippen LogP contribution in [0.2, 0.25) is 0 Å². The van der Waals surface area contributed by atoms with Gasteiger partial charge in [-0.25, -0.2) is 4.79 Å². The molecule has 7 nitrogen and oxygen atoms in total. The van der Waals surface area contributed by atoms with Crippen LogP contribution in [-0.4, -0.2) is 53.2 Å². The number of unbranched alkanes of at least 4 members (excludes halogenated alkanes) is 3. The summed E-state index contributed by atoms with van der Waals surface area (Å²) in [6, 6.07) is -0.774. The van der Waals surface area contributed by atoms with E-state index in [1.165, 1.54) is 19.3 Å². The molecule has 2 fully saturated rings. The van der Waals surface area contributed by atoms with E-state index in [0.29, 0.717) is 38.3 Å². The topological polar surface area (TPSA) is 95.9 Å². The number of aliphatic hydroxyl groups is 1. The van der Waals surface area contributed by atoms with E-state index in [4.69, 9.17) is 4.74 Å². The number of urea groups is 1. The Morgan fingerprint density at radius 1 is 1.18 bits per heavy atom. The summed E-state index contributed by atoms with van der Waals surface area (Å²) in [5, 5.41) is 12.9. The molecule has 2 atom stereocenters. The minimum atomic E-state index is -0.434. The normalized spacial score (nSPS) is 21.6. The van der Waals surface area contributed by atoms with Crippen molar-refractivity contribution in [1.29, 1.82) is 0 Å². The average molecular weight is 397 g/mol. The number of carbonyl (C=O) groups is 3. The number of ether oxygens (including phenoxy) is 1. The predicted octanol–water partition coefficient (Wildman–Crippen LogP) is 3.14. The monoisotopic (exact) mass is 396 g/mol. The molecule has 7 heteroatoms. The smallest absolute Gasteiger partial charge is 0.324 e. The number of amides is 3. The van der Waals surface area contributed by atoms with Crippen LogP contribution in [0.25, 0.3) is 0 Å². The van der Waals surface area contributed by atoms with Gasteiger partial charge < -0.3 is 14.7 Å². The van der Waals surface area contributed by atoms with Crippen LogP contribution < -0.4 is 5.32 Å². The highest BCUT2D eigenvalue weighted by Gasteiger charge is 2.38. The number of hydrogen-bond acceptors (Lipinski definition) is 5. The van der Waals surface area contributed by atoms with Crippen LogP contribution in [0.4, 0.5) is 4.79 Å². The Morgan fingerprint density at radius 2 is 1.89 bits per heavy atom. The number of nitrogens with zero attached hydrogens (tertiary/aromatic N) is 1. The molecule has 0 unspecified atom stereocenters. The van der Waals surface area contributed by atoms with Crippen molar-refractivity contribution < 1.29 is 24.2 Å². The Kier molecular flexibility index (Phi) is 9.75. The average Bonchev–Trinajstić information content (AvgIpc) is 2.96. The molecule has 0 radical (unpaired) electrons. The summed E-state index contributed by atoms with van der Waals surface area (Å²) in [4.78, 5) is 37.1. The molecule has 1 aliphatic heterocycles.